The smallest absolute Gasteiger partial charge is 0.243 e. The maximum atomic E-state index is 13.6. The lowest BCUT2D eigenvalue weighted by Crippen LogP contribution is -2.29. The van der Waals surface area contributed by atoms with Crippen LogP contribution in [0.5, 0.6) is 0 Å². The fraction of sp³-hybridized carbons (Fsp3) is 0.292. The number of fused-ring (bicyclic) bond motifs is 3. The molecule has 3 N–H and O–H groups in total. The second kappa shape index (κ2) is 7.99. The van der Waals surface area contributed by atoms with Crippen LogP contribution in [0, 0.1) is 0 Å². The van der Waals surface area contributed by atoms with Crippen LogP contribution < -0.4 is 20.3 Å². The highest BCUT2D eigenvalue weighted by Gasteiger charge is 2.61. The van der Waals surface area contributed by atoms with Gasteiger partial charge in [0.05, 0.1) is 16.1 Å². The minimum absolute atomic E-state index is 0.0492. The predicted molar refractivity (Wildman–Crippen MR) is 132 cm³/mol. The molecule has 0 bridgehead atoms. The van der Waals surface area contributed by atoms with Gasteiger partial charge in [0, 0.05) is 28.9 Å². The number of halogens is 1. The van der Waals surface area contributed by atoms with Gasteiger partial charge < -0.3 is 10.6 Å². The highest BCUT2D eigenvalue weighted by Crippen LogP contribution is 2.59. The predicted octanol–water partition coefficient (Wildman–Crippen LogP) is 4.46. The van der Waals surface area contributed by atoms with E-state index < -0.39 is 5.41 Å². The van der Waals surface area contributed by atoms with Gasteiger partial charge in [0.2, 0.25) is 11.9 Å². The molecule has 7 nitrogen and oxygen atoms in total. The zero-order valence-corrected chi connectivity index (χ0v) is 19.7. The molecule has 33 heavy (non-hydrogen) atoms. The normalized spacial score (nSPS) is 17.8. The van der Waals surface area contributed by atoms with E-state index in [1.165, 1.54) is 11.1 Å². The quantitative estimate of drug-likeness (QED) is 0.467. The van der Waals surface area contributed by atoms with Gasteiger partial charge in [0.15, 0.2) is 0 Å². The first-order valence-electron chi connectivity index (χ1n) is 11.0. The molecule has 0 radical (unpaired) electrons. The fourth-order valence-corrected chi connectivity index (χ4v) is 5.49. The molecule has 2 aromatic carbocycles. The van der Waals surface area contributed by atoms with Crippen LogP contribution in [0.3, 0.4) is 0 Å². The molecular formula is C24H23ClN6OS. The van der Waals surface area contributed by atoms with Crippen LogP contribution in [-0.2, 0) is 23.2 Å². The molecule has 1 aliphatic carbocycles. The Morgan fingerprint density at radius 1 is 1.18 bits per heavy atom. The molecule has 0 unspecified atom stereocenters. The summed E-state index contributed by atoms with van der Waals surface area (Å²) in [6.07, 6.45) is 4.36. The number of anilines is 4. The van der Waals surface area contributed by atoms with E-state index >= 15 is 0 Å². The van der Waals surface area contributed by atoms with Gasteiger partial charge in [-0.05, 0) is 92.3 Å². The Hall–Kier alpha value is -2.65. The molecule has 1 saturated carbocycles. The Morgan fingerprint density at radius 2 is 2.00 bits per heavy atom. The van der Waals surface area contributed by atoms with Crippen LogP contribution in [-0.4, -0.2) is 29.5 Å². The van der Waals surface area contributed by atoms with Gasteiger partial charge in [0.1, 0.15) is 5.82 Å². The molecule has 3 aliphatic rings. The maximum Gasteiger partial charge on any atom is 0.243 e. The number of benzene rings is 2. The van der Waals surface area contributed by atoms with Crippen molar-refractivity contribution < 1.29 is 4.79 Å². The summed E-state index contributed by atoms with van der Waals surface area (Å²) >= 11 is 8.26. The van der Waals surface area contributed by atoms with Gasteiger partial charge >= 0.3 is 0 Å². The Kier molecular flexibility index (Phi) is 5.06. The second-order valence-corrected chi connectivity index (χ2v) is 10.1. The number of nitrogens with zero attached hydrogens (tertiary/aromatic N) is 3. The lowest BCUT2D eigenvalue weighted by molar-refractivity contribution is -0.119. The van der Waals surface area contributed by atoms with E-state index in [1.54, 1.807) is 23.0 Å². The standard InChI is InChI=1S/C24H23ClN6OS/c1-26-33-17-4-2-16(3-5-17)29-23-28-13-18-21(30-23)31(22(32)24(18)7-8-24)20-11-14-6-9-27-12-15(14)10-19(20)25/h2-5,10-11,13,26-27H,6-9,12H2,1H3,(H,28,29,30). The molecule has 1 fully saturated rings. The summed E-state index contributed by atoms with van der Waals surface area (Å²) in [6.45, 7) is 1.72. The molecule has 1 aromatic heterocycles. The highest BCUT2D eigenvalue weighted by molar-refractivity contribution is 7.97. The maximum absolute atomic E-state index is 13.6. The summed E-state index contributed by atoms with van der Waals surface area (Å²) in [7, 11) is 1.89. The number of amides is 1. The SMILES string of the molecule is CNSc1ccc(Nc2ncc3c(n2)N(c2cc4c(cc2Cl)CNCC4)C(=O)C32CC2)cc1. The molecule has 6 rings (SSSR count). The van der Waals surface area contributed by atoms with Gasteiger partial charge in [0.25, 0.3) is 0 Å². The van der Waals surface area contributed by atoms with Crippen LogP contribution >= 0.6 is 23.5 Å². The zero-order valence-electron chi connectivity index (χ0n) is 18.1. The first kappa shape index (κ1) is 20.9. The number of hydrogen-bond donors (Lipinski definition) is 3. The first-order valence-corrected chi connectivity index (χ1v) is 12.2. The van der Waals surface area contributed by atoms with Crippen LogP contribution in [0.15, 0.2) is 47.5 Å². The van der Waals surface area contributed by atoms with E-state index in [0.29, 0.717) is 22.5 Å². The molecule has 168 valence electrons. The Bertz CT molecular complexity index is 1260. The van der Waals surface area contributed by atoms with Crippen molar-refractivity contribution in [3.63, 3.8) is 0 Å². The van der Waals surface area contributed by atoms with Gasteiger partial charge in [-0.25, -0.2) is 4.98 Å². The van der Waals surface area contributed by atoms with Crippen molar-refractivity contribution in [1.82, 2.24) is 20.0 Å². The monoisotopic (exact) mass is 478 g/mol. The number of nitrogens with one attached hydrogen (secondary N) is 3. The van der Waals surface area contributed by atoms with Crippen LogP contribution in [0.25, 0.3) is 0 Å². The fourth-order valence-electron chi connectivity index (χ4n) is 4.71. The van der Waals surface area contributed by atoms with E-state index in [1.807, 2.05) is 37.4 Å². The van der Waals surface area contributed by atoms with Gasteiger partial charge in [-0.1, -0.05) is 11.6 Å². The molecule has 9 heteroatoms. The van der Waals surface area contributed by atoms with E-state index in [-0.39, 0.29) is 5.91 Å². The molecule has 1 amide bonds. The third-order valence-corrected chi connectivity index (χ3v) is 7.60. The molecule has 1 spiro atoms. The van der Waals surface area contributed by atoms with Gasteiger partial charge in [-0.3, -0.25) is 14.4 Å². The van der Waals surface area contributed by atoms with Crippen molar-refractivity contribution in [2.24, 2.45) is 0 Å². The van der Waals surface area contributed by atoms with Gasteiger partial charge in [-0.15, -0.1) is 0 Å². The van der Waals surface area contributed by atoms with E-state index in [2.05, 4.69) is 26.4 Å². The summed E-state index contributed by atoms with van der Waals surface area (Å²) in [5.41, 5.74) is 4.41. The molecule has 2 aliphatic heterocycles. The Labute approximate surface area is 201 Å². The summed E-state index contributed by atoms with van der Waals surface area (Å²) in [4.78, 5) is 25.8. The zero-order chi connectivity index (χ0) is 22.6. The molecule has 0 saturated heterocycles. The topological polar surface area (TPSA) is 82.2 Å². The van der Waals surface area contributed by atoms with E-state index in [9.17, 15) is 4.79 Å². The third kappa shape index (κ3) is 3.49. The van der Waals surface area contributed by atoms with Gasteiger partial charge in [-0.2, -0.15) is 4.98 Å². The number of aromatic nitrogens is 2. The Balaban J connectivity index is 1.38. The molecular weight excluding hydrogens is 456 g/mol. The minimum Gasteiger partial charge on any atom is -0.324 e. The van der Waals surface area contributed by atoms with E-state index in [0.717, 1.165) is 48.5 Å². The number of carbonyl (C=O) groups excluding carboxylic acids is 1. The second-order valence-electron chi connectivity index (χ2n) is 8.61. The molecule has 3 aromatic rings. The van der Waals surface area contributed by atoms with Crippen molar-refractivity contribution in [3.05, 3.63) is 64.3 Å². The third-order valence-electron chi connectivity index (χ3n) is 6.59. The number of hydrogen-bond acceptors (Lipinski definition) is 7. The van der Waals surface area contributed by atoms with Crippen molar-refractivity contribution in [2.75, 3.05) is 23.8 Å². The lowest BCUT2D eigenvalue weighted by Gasteiger charge is -2.23. The average molecular weight is 479 g/mol. The number of rotatable bonds is 5. The summed E-state index contributed by atoms with van der Waals surface area (Å²) in [5.74, 6) is 1.14. The number of carbonyl (C=O) groups is 1. The van der Waals surface area contributed by atoms with Crippen LogP contribution in [0.4, 0.5) is 23.1 Å². The van der Waals surface area contributed by atoms with E-state index in [4.69, 9.17) is 16.6 Å². The highest BCUT2D eigenvalue weighted by atomic mass is 35.5. The van der Waals surface area contributed by atoms with Crippen LogP contribution in [0.1, 0.15) is 29.5 Å². The van der Waals surface area contributed by atoms with Crippen molar-refractivity contribution in [2.45, 2.75) is 36.1 Å². The average Bonchev–Trinajstić information content (AvgIpc) is 3.59. The largest absolute Gasteiger partial charge is 0.324 e. The van der Waals surface area contributed by atoms with Crippen molar-refractivity contribution in [3.8, 4) is 0 Å². The van der Waals surface area contributed by atoms with Crippen LogP contribution in [0.2, 0.25) is 5.02 Å². The molecule has 3 heterocycles. The summed E-state index contributed by atoms with van der Waals surface area (Å²) in [6, 6.07) is 12.1. The first-order chi connectivity index (χ1) is 16.1. The summed E-state index contributed by atoms with van der Waals surface area (Å²) < 4.78 is 3.06. The van der Waals surface area contributed by atoms with Crippen molar-refractivity contribution >= 4 is 52.6 Å². The Morgan fingerprint density at radius 3 is 2.76 bits per heavy atom. The lowest BCUT2D eigenvalue weighted by atomic mass is 9.99. The minimum atomic E-state index is -0.499. The summed E-state index contributed by atoms with van der Waals surface area (Å²) in [5, 5.41) is 7.21. The molecule has 0 atom stereocenters. The van der Waals surface area contributed by atoms with Crippen molar-refractivity contribution in [1.29, 1.82) is 0 Å².